The minimum Gasteiger partial charge on any atom is -0.497 e. The molecule has 0 aliphatic heterocycles. The van der Waals surface area contributed by atoms with Crippen LogP contribution in [0.3, 0.4) is 0 Å². The summed E-state index contributed by atoms with van der Waals surface area (Å²) in [6, 6.07) is 12.6. The first-order valence-corrected chi connectivity index (χ1v) is 8.82. The number of pyridine rings is 1. The van der Waals surface area contributed by atoms with Crippen LogP contribution in [-0.4, -0.2) is 23.2 Å². The monoisotopic (exact) mass is 377 g/mol. The summed E-state index contributed by atoms with van der Waals surface area (Å²) in [5.74, 6) is 1.07. The number of methoxy groups -OCH3 is 1. The van der Waals surface area contributed by atoms with Gasteiger partial charge in [0.15, 0.2) is 5.76 Å². The first-order chi connectivity index (χ1) is 13.6. The minimum absolute atomic E-state index is 0.200. The molecule has 0 saturated heterocycles. The Morgan fingerprint density at radius 2 is 2.00 bits per heavy atom. The van der Waals surface area contributed by atoms with Crippen LogP contribution in [0.1, 0.15) is 34.6 Å². The number of carbonyl (C=O) groups excluding carboxylic acids is 1. The fraction of sp³-hybridized carbons (Fsp3) is 0.190. The van der Waals surface area contributed by atoms with Crippen molar-refractivity contribution >= 4 is 17.0 Å². The van der Waals surface area contributed by atoms with Crippen molar-refractivity contribution in [3.05, 3.63) is 65.5 Å². The molecular formula is C21H19N3O4. The van der Waals surface area contributed by atoms with E-state index >= 15 is 0 Å². The molecule has 1 N–H and O–H groups in total. The molecule has 3 aromatic heterocycles. The number of ether oxygens (including phenoxy) is 1. The number of carbonyl (C=O) groups is 1. The van der Waals surface area contributed by atoms with Crippen molar-refractivity contribution in [2.24, 2.45) is 0 Å². The highest BCUT2D eigenvalue weighted by Gasteiger charge is 2.21. The van der Waals surface area contributed by atoms with E-state index in [1.165, 1.54) is 0 Å². The molecule has 0 spiro atoms. The molecule has 28 heavy (non-hydrogen) atoms. The Kier molecular flexibility index (Phi) is 4.57. The zero-order chi connectivity index (χ0) is 19.7. The van der Waals surface area contributed by atoms with Gasteiger partial charge in [0.25, 0.3) is 11.6 Å². The van der Waals surface area contributed by atoms with E-state index in [1.54, 1.807) is 38.5 Å². The van der Waals surface area contributed by atoms with Crippen molar-refractivity contribution in [1.82, 2.24) is 15.5 Å². The van der Waals surface area contributed by atoms with E-state index < -0.39 is 0 Å². The molecule has 0 bridgehead atoms. The molecule has 1 atom stereocenters. The van der Waals surface area contributed by atoms with E-state index in [2.05, 4.69) is 15.5 Å². The maximum Gasteiger partial charge on any atom is 0.259 e. The summed E-state index contributed by atoms with van der Waals surface area (Å²) in [5.41, 5.74) is 2.82. The van der Waals surface area contributed by atoms with Crippen molar-refractivity contribution in [3.8, 4) is 17.2 Å². The number of aryl methyl sites for hydroxylation is 1. The summed E-state index contributed by atoms with van der Waals surface area (Å²) in [5, 5.41) is 7.57. The summed E-state index contributed by atoms with van der Waals surface area (Å²) < 4.78 is 15.9. The molecule has 1 unspecified atom stereocenters. The Hall–Kier alpha value is -3.61. The quantitative estimate of drug-likeness (QED) is 0.558. The number of aromatic nitrogens is 2. The number of nitrogens with one attached hydrogen (secondary N) is 1. The minimum atomic E-state index is -0.241. The molecule has 4 rings (SSSR count). The molecule has 0 fully saturated rings. The van der Waals surface area contributed by atoms with Gasteiger partial charge >= 0.3 is 0 Å². The highest BCUT2D eigenvalue weighted by molar-refractivity contribution is 6.07. The van der Waals surface area contributed by atoms with E-state index in [0.717, 1.165) is 11.3 Å². The van der Waals surface area contributed by atoms with Gasteiger partial charge in [0, 0.05) is 0 Å². The van der Waals surface area contributed by atoms with Crippen LogP contribution in [0.2, 0.25) is 0 Å². The number of hydrogen-bond acceptors (Lipinski definition) is 6. The summed E-state index contributed by atoms with van der Waals surface area (Å²) in [6.07, 6.45) is 1.55. The summed E-state index contributed by atoms with van der Waals surface area (Å²) in [7, 11) is 1.62. The molecule has 0 radical (unpaired) electrons. The van der Waals surface area contributed by atoms with Gasteiger partial charge in [0.2, 0.25) is 0 Å². The molecule has 0 saturated carbocycles. The maximum absolute atomic E-state index is 13.1. The maximum atomic E-state index is 13.1. The second-order valence-corrected chi connectivity index (χ2v) is 6.45. The number of furan rings is 1. The first kappa shape index (κ1) is 17.8. The second kappa shape index (κ2) is 7.19. The van der Waals surface area contributed by atoms with Crippen molar-refractivity contribution in [1.29, 1.82) is 0 Å². The number of fused-ring (bicyclic) bond motifs is 1. The lowest BCUT2D eigenvalue weighted by Crippen LogP contribution is -2.27. The van der Waals surface area contributed by atoms with Crippen LogP contribution < -0.4 is 10.1 Å². The Balaban J connectivity index is 1.68. The van der Waals surface area contributed by atoms with Crippen LogP contribution in [0, 0.1) is 6.92 Å². The smallest absolute Gasteiger partial charge is 0.259 e. The Morgan fingerprint density at radius 1 is 1.21 bits per heavy atom. The lowest BCUT2D eigenvalue weighted by atomic mass is 10.1. The van der Waals surface area contributed by atoms with Crippen LogP contribution in [-0.2, 0) is 0 Å². The number of nitrogens with zero attached hydrogens (tertiary/aromatic N) is 2. The zero-order valence-electron chi connectivity index (χ0n) is 15.7. The molecule has 0 aliphatic carbocycles. The predicted molar refractivity (Wildman–Crippen MR) is 103 cm³/mol. The van der Waals surface area contributed by atoms with Crippen LogP contribution in [0.4, 0.5) is 0 Å². The van der Waals surface area contributed by atoms with E-state index in [1.807, 2.05) is 31.2 Å². The Labute approximate surface area is 161 Å². The van der Waals surface area contributed by atoms with Crippen molar-refractivity contribution in [2.75, 3.05) is 7.11 Å². The van der Waals surface area contributed by atoms with Gasteiger partial charge in [-0.2, -0.15) is 0 Å². The van der Waals surface area contributed by atoms with Gasteiger partial charge in [-0.1, -0.05) is 17.3 Å². The fourth-order valence-corrected chi connectivity index (χ4v) is 3.07. The number of amides is 1. The van der Waals surface area contributed by atoms with Gasteiger partial charge < -0.3 is 19.0 Å². The average Bonchev–Trinajstić information content (AvgIpc) is 3.37. The molecule has 3 heterocycles. The Bertz CT molecular complexity index is 1110. The number of rotatable bonds is 5. The van der Waals surface area contributed by atoms with E-state index in [0.29, 0.717) is 33.8 Å². The molecule has 1 amide bonds. The topological polar surface area (TPSA) is 90.4 Å². The highest BCUT2D eigenvalue weighted by Crippen LogP contribution is 2.28. The van der Waals surface area contributed by atoms with Gasteiger partial charge in [-0.05, 0) is 49.7 Å². The summed E-state index contributed by atoms with van der Waals surface area (Å²) in [6.45, 7) is 3.70. The van der Waals surface area contributed by atoms with Crippen LogP contribution >= 0.6 is 0 Å². The third-order valence-electron chi connectivity index (χ3n) is 4.60. The third-order valence-corrected chi connectivity index (χ3v) is 4.60. The normalized spacial score (nSPS) is 12.1. The van der Waals surface area contributed by atoms with E-state index in [4.69, 9.17) is 13.7 Å². The fourth-order valence-electron chi connectivity index (χ4n) is 3.07. The van der Waals surface area contributed by atoms with Gasteiger partial charge in [0.05, 0.1) is 36.1 Å². The third kappa shape index (κ3) is 3.22. The number of benzene rings is 1. The molecule has 4 aromatic rings. The molecule has 7 heteroatoms. The molecule has 0 aliphatic rings. The van der Waals surface area contributed by atoms with Crippen LogP contribution in [0.25, 0.3) is 22.6 Å². The van der Waals surface area contributed by atoms with Crippen molar-refractivity contribution in [3.63, 3.8) is 0 Å². The second-order valence-electron chi connectivity index (χ2n) is 6.45. The van der Waals surface area contributed by atoms with Gasteiger partial charge in [0.1, 0.15) is 11.4 Å². The molecular weight excluding hydrogens is 358 g/mol. The zero-order valence-corrected chi connectivity index (χ0v) is 15.7. The van der Waals surface area contributed by atoms with Gasteiger partial charge in [-0.3, -0.25) is 4.79 Å². The molecule has 7 nitrogen and oxygen atoms in total. The summed E-state index contributed by atoms with van der Waals surface area (Å²) in [4.78, 5) is 17.5. The SMILES string of the molecule is COc1ccc(C(C)NC(=O)c2cc(-c3ccco3)nc3onc(C)c23)cc1. The van der Waals surface area contributed by atoms with E-state index in [9.17, 15) is 4.79 Å². The summed E-state index contributed by atoms with van der Waals surface area (Å²) >= 11 is 0. The average molecular weight is 377 g/mol. The standard InChI is InChI=1S/C21H19N3O4/c1-12(14-6-8-15(26-3)9-7-14)22-20(25)16-11-17(18-5-4-10-27-18)23-21-19(16)13(2)24-28-21/h4-12H,1-3H3,(H,22,25). The molecule has 142 valence electrons. The van der Waals surface area contributed by atoms with Crippen molar-refractivity contribution in [2.45, 2.75) is 19.9 Å². The van der Waals surface area contributed by atoms with Gasteiger partial charge in [-0.25, -0.2) is 4.98 Å². The van der Waals surface area contributed by atoms with Gasteiger partial charge in [-0.15, -0.1) is 0 Å². The Morgan fingerprint density at radius 3 is 2.68 bits per heavy atom. The largest absolute Gasteiger partial charge is 0.497 e. The number of hydrogen-bond donors (Lipinski definition) is 1. The van der Waals surface area contributed by atoms with Crippen LogP contribution in [0.5, 0.6) is 5.75 Å². The highest BCUT2D eigenvalue weighted by atomic mass is 16.5. The first-order valence-electron chi connectivity index (χ1n) is 8.82. The predicted octanol–water partition coefficient (Wildman–Crippen LogP) is 4.29. The molecule has 1 aromatic carbocycles. The van der Waals surface area contributed by atoms with Crippen molar-refractivity contribution < 1.29 is 18.5 Å². The van der Waals surface area contributed by atoms with Crippen LogP contribution in [0.15, 0.2) is 57.7 Å². The lowest BCUT2D eigenvalue weighted by Gasteiger charge is -2.15. The lowest BCUT2D eigenvalue weighted by molar-refractivity contribution is 0.0941. The van der Waals surface area contributed by atoms with E-state index in [-0.39, 0.29) is 11.9 Å².